The summed E-state index contributed by atoms with van der Waals surface area (Å²) in [6.45, 7) is 0.978. The van der Waals surface area contributed by atoms with Gasteiger partial charge < -0.3 is 10.3 Å². The highest BCUT2D eigenvalue weighted by Crippen LogP contribution is 2.26. The number of imidazole rings is 1. The van der Waals surface area contributed by atoms with Crippen LogP contribution in [0.25, 0.3) is 0 Å². The summed E-state index contributed by atoms with van der Waals surface area (Å²) < 4.78 is 28.6. The molecule has 0 aliphatic rings. The summed E-state index contributed by atoms with van der Waals surface area (Å²) >= 11 is 5.90. The van der Waals surface area contributed by atoms with E-state index in [-0.39, 0.29) is 15.6 Å². The van der Waals surface area contributed by atoms with E-state index in [4.69, 9.17) is 17.3 Å². The molecule has 0 spiro atoms. The number of nitrogens with one attached hydrogen (secondary N) is 1. The Morgan fingerprint density at radius 1 is 1.40 bits per heavy atom. The van der Waals surface area contributed by atoms with Crippen LogP contribution in [0.15, 0.2) is 41.8 Å². The fourth-order valence-electron chi connectivity index (χ4n) is 1.77. The lowest BCUT2D eigenvalue weighted by atomic mass is 10.3. The molecule has 8 heteroatoms. The minimum absolute atomic E-state index is 0.0655. The molecule has 0 atom stereocenters. The molecule has 3 N–H and O–H groups in total. The SMILES string of the molecule is Nc1cccc(Cl)c1S(=O)(=O)NCCCn1ccnc1. The number of rotatable bonds is 6. The topological polar surface area (TPSA) is 90.0 Å². The maximum absolute atomic E-state index is 12.1. The van der Waals surface area contributed by atoms with Gasteiger partial charge >= 0.3 is 0 Å². The molecule has 1 heterocycles. The van der Waals surface area contributed by atoms with Gasteiger partial charge in [0.2, 0.25) is 10.0 Å². The maximum Gasteiger partial charge on any atom is 0.244 e. The minimum Gasteiger partial charge on any atom is -0.398 e. The van der Waals surface area contributed by atoms with E-state index < -0.39 is 10.0 Å². The van der Waals surface area contributed by atoms with E-state index >= 15 is 0 Å². The van der Waals surface area contributed by atoms with Crippen LogP contribution in [0, 0.1) is 0 Å². The van der Waals surface area contributed by atoms with Crippen molar-refractivity contribution in [3.63, 3.8) is 0 Å². The van der Waals surface area contributed by atoms with E-state index in [1.165, 1.54) is 12.1 Å². The van der Waals surface area contributed by atoms with Gasteiger partial charge in [0.25, 0.3) is 0 Å². The molecule has 6 nitrogen and oxygen atoms in total. The summed E-state index contributed by atoms with van der Waals surface area (Å²) in [7, 11) is -3.69. The number of hydrogen-bond donors (Lipinski definition) is 2. The van der Waals surface area contributed by atoms with Gasteiger partial charge in [-0.15, -0.1) is 0 Å². The summed E-state index contributed by atoms with van der Waals surface area (Å²) in [6.07, 6.45) is 5.82. The Morgan fingerprint density at radius 3 is 2.85 bits per heavy atom. The molecule has 0 unspecified atom stereocenters. The summed E-state index contributed by atoms with van der Waals surface area (Å²) in [5.74, 6) is 0. The number of halogens is 1. The Balaban J connectivity index is 1.97. The fraction of sp³-hybridized carbons (Fsp3) is 0.250. The van der Waals surface area contributed by atoms with Crippen LogP contribution in [0.5, 0.6) is 0 Å². The lowest BCUT2D eigenvalue weighted by Gasteiger charge is -2.10. The first-order valence-electron chi connectivity index (χ1n) is 6.00. The molecule has 0 amide bonds. The van der Waals surface area contributed by atoms with Gasteiger partial charge in [-0.1, -0.05) is 17.7 Å². The monoisotopic (exact) mass is 314 g/mol. The lowest BCUT2D eigenvalue weighted by Crippen LogP contribution is -2.26. The van der Waals surface area contributed by atoms with Crippen molar-refractivity contribution in [2.45, 2.75) is 17.9 Å². The first-order valence-corrected chi connectivity index (χ1v) is 7.86. The number of nitrogen functional groups attached to an aromatic ring is 1. The number of aryl methyl sites for hydroxylation is 1. The Labute approximate surface area is 122 Å². The molecular formula is C12H15ClN4O2S. The molecule has 0 aliphatic carbocycles. The number of anilines is 1. The largest absolute Gasteiger partial charge is 0.398 e. The smallest absolute Gasteiger partial charge is 0.244 e. The minimum atomic E-state index is -3.69. The van der Waals surface area contributed by atoms with Crippen molar-refractivity contribution in [1.29, 1.82) is 0 Å². The van der Waals surface area contributed by atoms with Gasteiger partial charge in [-0.2, -0.15) is 0 Å². The molecule has 1 aromatic heterocycles. The standard InChI is InChI=1S/C12H15ClN4O2S/c13-10-3-1-4-11(14)12(10)20(18,19)16-5-2-7-17-8-6-15-9-17/h1,3-4,6,8-9,16H,2,5,7,14H2. The highest BCUT2D eigenvalue weighted by molar-refractivity contribution is 7.89. The van der Waals surface area contributed by atoms with E-state index in [9.17, 15) is 8.42 Å². The van der Waals surface area contributed by atoms with Crippen molar-refractivity contribution >= 4 is 27.3 Å². The summed E-state index contributed by atoms with van der Waals surface area (Å²) in [5, 5.41) is 0.118. The molecule has 0 radical (unpaired) electrons. The second-order valence-electron chi connectivity index (χ2n) is 4.21. The third kappa shape index (κ3) is 3.50. The van der Waals surface area contributed by atoms with E-state index in [1.54, 1.807) is 18.6 Å². The molecule has 0 saturated heterocycles. The zero-order valence-electron chi connectivity index (χ0n) is 10.7. The number of hydrogen-bond acceptors (Lipinski definition) is 4. The average Bonchev–Trinajstić information content (AvgIpc) is 2.87. The Kier molecular flexibility index (Phi) is 4.64. The van der Waals surface area contributed by atoms with E-state index in [0.29, 0.717) is 19.5 Å². The number of nitrogens with zero attached hydrogens (tertiary/aromatic N) is 2. The normalized spacial score (nSPS) is 11.7. The highest BCUT2D eigenvalue weighted by Gasteiger charge is 2.20. The van der Waals surface area contributed by atoms with Gasteiger partial charge in [-0.25, -0.2) is 18.1 Å². The zero-order valence-corrected chi connectivity index (χ0v) is 12.2. The Hall–Kier alpha value is -1.57. The van der Waals surface area contributed by atoms with Crippen LogP contribution < -0.4 is 10.5 Å². The van der Waals surface area contributed by atoms with Crippen LogP contribution in [-0.4, -0.2) is 24.5 Å². The van der Waals surface area contributed by atoms with Crippen molar-refractivity contribution in [1.82, 2.24) is 14.3 Å². The molecule has 1 aromatic carbocycles. The number of nitrogens with two attached hydrogens (primary N) is 1. The number of aromatic nitrogens is 2. The molecule has 0 fully saturated rings. The predicted molar refractivity (Wildman–Crippen MR) is 77.9 cm³/mol. The van der Waals surface area contributed by atoms with Crippen molar-refractivity contribution in [3.05, 3.63) is 41.9 Å². The van der Waals surface area contributed by atoms with Crippen LogP contribution in [-0.2, 0) is 16.6 Å². The lowest BCUT2D eigenvalue weighted by molar-refractivity contribution is 0.570. The van der Waals surface area contributed by atoms with Gasteiger partial charge in [0, 0.05) is 25.5 Å². The van der Waals surface area contributed by atoms with Crippen LogP contribution in [0.1, 0.15) is 6.42 Å². The summed E-state index contributed by atoms with van der Waals surface area (Å²) in [5.41, 5.74) is 5.81. The van der Waals surface area contributed by atoms with Crippen LogP contribution in [0.3, 0.4) is 0 Å². The van der Waals surface area contributed by atoms with Crippen LogP contribution >= 0.6 is 11.6 Å². The second kappa shape index (κ2) is 6.25. The number of benzene rings is 1. The first-order chi connectivity index (χ1) is 9.50. The van der Waals surface area contributed by atoms with Crippen LogP contribution in [0.2, 0.25) is 5.02 Å². The number of sulfonamides is 1. The summed E-state index contributed by atoms with van der Waals surface area (Å²) in [4.78, 5) is 3.85. The van der Waals surface area contributed by atoms with Crippen molar-refractivity contribution < 1.29 is 8.42 Å². The first kappa shape index (κ1) is 14.8. The van der Waals surface area contributed by atoms with Crippen molar-refractivity contribution in [2.75, 3.05) is 12.3 Å². The van der Waals surface area contributed by atoms with Crippen LogP contribution in [0.4, 0.5) is 5.69 Å². The van der Waals surface area contributed by atoms with Gasteiger partial charge in [-0.3, -0.25) is 0 Å². The van der Waals surface area contributed by atoms with E-state index in [2.05, 4.69) is 9.71 Å². The third-order valence-corrected chi connectivity index (χ3v) is 4.71. The predicted octanol–water partition coefficient (Wildman–Crippen LogP) is 1.49. The van der Waals surface area contributed by atoms with Crippen molar-refractivity contribution in [2.24, 2.45) is 0 Å². The van der Waals surface area contributed by atoms with E-state index in [1.807, 2.05) is 10.8 Å². The van der Waals surface area contributed by atoms with Gasteiger partial charge in [0.1, 0.15) is 4.90 Å². The molecule has 0 saturated carbocycles. The Bertz CT molecular complexity index is 651. The third-order valence-electron chi connectivity index (χ3n) is 2.71. The molecule has 0 bridgehead atoms. The molecule has 20 heavy (non-hydrogen) atoms. The molecule has 108 valence electrons. The molecule has 0 aliphatic heterocycles. The fourth-order valence-corrected chi connectivity index (χ4v) is 3.52. The summed E-state index contributed by atoms with van der Waals surface area (Å²) in [6, 6.07) is 4.61. The second-order valence-corrected chi connectivity index (χ2v) is 6.32. The van der Waals surface area contributed by atoms with Gasteiger partial charge in [-0.05, 0) is 18.6 Å². The quantitative estimate of drug-likeness (QED) is 0.624. The highest BCUT2D eigenvalue weighted by atomic mass is 35.5. The van der Waals surface area contributed by atoms with Gasteiger partial charge in [0.15, 0.2) is 0 Å². The average molecular weight is 315 g/mol. The molecule has 2 rings (SSSR count). The zero-order chi connectivity index (χ0) is 14.6. The van der Waals surface area contributed by atoms with Crippen molar-refractivity contribution in [3.8, 4) is 0 Å². The molecular weight excluding hydrogens is 300 g/mol. The van der Waals surface area contributed by atoms with Gasteiger partial charge in [0.05, 0.1) is 17.0 Å². The molecule has 2 aromatic rings. The van der Waals surface area contributed by atoms with E-state index in [0.717, 1.165) is 0 Å². The Morgan fingerprint density at radius 2 is 2.20 bits per heavy atom. The maximum atomic E-state index is 12.1.